The first-order chi connectivity index (χ1) is 11.8. The van der Waals surface area contributed by atoms with Crippen LogP contribution in [0.1, 0.15) is 30.2 Å². The highest BCUT2D eigenvalue weighted by Crippen LogP contribution is 2.29. The van der Waals surface area contributed by atoms with E-state index in [1.165, 1.54) is 12.0 Å². The molecule has 24 heavy (non-hydrogen) atoms. The van der Waals surface area contributed by atoms with Crippen LogP contribution in [0.3, 0.4) is 0 Å². The maximum Gasteiger partial charge on any atom is 0.199 e. The first-order valence-electron chi connectivity index (χ1n) is 8.61. The van der Waals surface area contributed by atoms with E-state index in [-0.39, 0.29) is 0 Å². The monoisotopic (exact) mass is 340 g/mol. The van der Waals surface area contributed by atoms with Crippen LogP contribution < -0.4 is 0 Å². The number of fused-ring (bicyclic) bond motifs is 1. The summed E-state index contributed by atoms with van der Waals surface area (Å²) in [6.45, 7) is 3.18. The van der Waals surface area contributed by atoms with Crippen LogP contribution in [-0.2, 0) is 6.42 Å². The molecule has 2 heterocycles. The van der Waals surface area contributed by atoms with E-state index in [4.69, 9.17) is 16.0 Å². The Morgan fingerprint density at radius 3 is 2.83 bits per heavy atom. The van der Waals surface area contributed by atoms with Crippen molar-refractivity contribution in [2.75, 3.05) is 19.6 Å². The van der Waals surface area contributed by atoms with Gasteiger partial charge >= 0.3 is 0 Å². The summed E-state index contributed by atoms with van der Waals surface area (Å²) in [4.78, 5) is 7.20. The average molecular weight is 341 g/mol. The molecule has 1 aliphatic heterocycles. The number of aromatic nitrogens is 1. The lowest BCUT2D eigenvalue weighted by molar-refractivity contribution is 0.196. The Morgan fingerprint density at radius 1 is 1.12 bits per heavy atom. The van der Waals surface area contributed by atoms with Gasteiger partial charge in [-0.2, -0.15) is 0 Å². The summed E-state index contributed by atoms with van der Waals surface area (Å²) >= 11 is 6.27. The maximum absolute atomic E-state index is 6.27. The second kappa shape index (κ2) is 6.96. The molecule has 0 aliphatic carbocycles. The number of rotatable bonds is 4. The van der Waals surface area contributed by atoms with Crippen LogP contribution >= 0.6 is 11.6 Å². The van der Waals surface area contributed by atoms with Crippen LogP contribution in [0.4, 0.5) is 0 Å². The number of piperidine rings is 1. The Bertz CT molecular complexity index is 796. The number of benzene rings is 2. The number of nitrogens with zero attached hydrogens (tertiary/aromatic N) is 2. The molecule has 3 nitrogen and oxygen atoms in total. The summed E-state index contributed by atoms with van der Waals surface area (Å²) in [5.41, 5.74) is 3.07. The van der Waals surface area contributed by atoms with Crippen molar-refractivity contribution in [3.63, 3.8) is 0 Å². The van der Waals surface area contributed by atoms with E-state index < -0.39 is 0 Å². The zero-order valence-corrected chi connectivity index (χ0v) is 14.4. The van der Waals surface area contributed by atoms with Gasteiger partial charge in [-0.15, -0.1) is 0 Å². The lowest BCUT2D eigenvalue weighted by Crippen LogP contribution is -2.35. The topological polar surface area (TPSA) is 29.3 Å². The zero-order chi connectivity index (χ0) is 16.4. The van der Waals surface area contributed by atoms with Gasteiger partial charge in [-0.05, 0) is 49.6 Å². The van der Waals surface area contributed by atoms with Crippen LogP contribution in [0, 0.1) is 0 Å². The zero-order valence-electron chi connectivity index (χ0n) is 13.6. The Balaban J connectivity index is 1.43. The summed E-state index contributed by atoms with van der Waals surface area (Å²) in [6, 6.07) is 16.1. The molecule has 1 aromatic heterocycles. The van der Waals surface area contributed by atoms with Gasteiger partial charge in [-0.1, -0.05) is 41.9 Å². The largest absolute Gasteiger partial charge is 0.440 e. The van der Waals surface area contributed by atoms with Crippen LogP contribution in [0.15, 0.2) is 52.9 Å². The Hall–Kier alpha value is -1.84. The molecule has 1 aliphatic rings. The minimum Gasteiger partial charge on any atom is -0.440 e. The minimum atomic E-state index is 0.386. The van der Waals surface area contributed by atoms with Crippen molar-refractivity contribution in [1.82, 2.24) is 9.88 Å². The number of hydrogen-bond acceptors (Lipinski definition) is 3. The summed E-state index contributed by atoms with van der Waals surface area (Å²) in [7, 11) is 0. The van der Waals surface area contributed by atoms with Crippen molar-refractivity contribution in [1.29, 1.82) is 0 Å². The second-order valence-corrected chi connectivity index (χ2v) is 6.91. The van der Waals surface area contributed by atoms with E-state index in [0.29, 0.717) is 5.92 Å². The van der Waals surface area contributed by atoms with Crippen molar-refractivity contribution < 1.29 is 4.42 Å². The second-order valence-electron chi connectivity index (χ2n) is 6.50. The Kier molecular flexibility index (Phi) is 4.54. The van der Waals surface area contributed by atoms with Crippen molar-refractivity contribution in [3.05, 3.63) is 65.0 Å². The van der Waals surface area contributed by atoms with Gasteiger partial charge < -0.3 is 9.32 Å². The SMILES string of the molecule is Clc1ccccc1CCN1CCCC(c2nc3ccccc3o2)C1. The number of likely N-dealkylation sites (tertiary alicyclic amines) is 1. The molecular formula is C20H21ClN2O. The normalized spacial score (nSPS) is 19.0. The fourth-order valence-corrected chi connectivity index (χ4v) is 3.73. The quantitative estimate of drug-likeness (QED) is 0.676. The first-order valence-corrected chi connectivity index (χ1v) is 8.98. The Labute approximate surface area is 147 Å². The highest BCUT2D eigenvalue weighted by Gasteiger charge is 2.25. The van der Waals surface area contributed by atoms with Crippen molar-refractivity contribution >= 4 is 22.7 Å². The van der Waals surface area contributed by atoms with Gasteiger partial charge in [0.25, 0.3) is 0 Å². The van der Waals surface area contributed by atoms with E-state index in [9.17, 15) is 0 Å². The molecule has 1 fully saturated rings. The fraction of sp³-hybridized carbons (Fsp3) is 0.350. The van der Waals surface area contributed by atoms with Crippen LogP contribution in [0.2, 0.25) is 5.02 Å². The number of halogens is 1. The molecule has 1 unspecified atom stereocenters. The van der Waals surface area contributed by atoms with Crippen molar-refractivity contribution in [2.24, 2.45) is 0 Å². The van der Waals surface area contributed by atoms with Gasteiger partial charge in [-0.25, -0.2) is 4.98 Å². The third-order valence-corrected chi connectivity index (χ3v) is 5.19. The van der Waals surface area contributed by atoms with Crippen molar-refractivity contribution in [2.45, 2.75) is 25.2 Å². The first kappa shape index (κ1) is 15.7. The molecule has 3 aromatic rings. The number of oxazole rings is 1. The van der Waals surface area contributed by atoms with E-state index in [0.717, 1.165) is 54.5 Å². The summed E-state index contributed by atoms with van der Waals surface area (Å²) < 4.78 is 5.98. The van der Waals surface area contributed by atoms with Crippen LogP contribution in [0.25, 0.3) is 11.1 Å². The third kappa shape index (κ3) is 3.33. The third-order valence-electron chi connectivity index (χ3n) is 4.82. The standard InChI is InChI=1S/C20H21ClN2O/c21-17-8-2-1-6-15(17)11-13-23-12-5-7-16(14-23)20-22-18-9-3-4-10-19(18)24-20/h1-4,6,8-10,16H,5,7,11-14H2. The molecule has 4 heteroatoms. The lowest BCUT2D eigenvalue weighted by Gasteiger charge is -2.31. The van der Waals surface area contributed by atoms with Gasteiger partial charge in [0.1, 0.15) is 5.52 Å². The average Bonchev–Trinajstić information content (AvgIpc) is 3.06. The molecule has 4 rings (SSSR count). The van der Waals surface area contributed by atoms with E-state index in [1.807, 2.05) is 36.4 Å². The molecule has 124 valence electrons. The smallest absolute Gasteiger partial charge is 0.199 e. The summed E-state index contributed by atoms with van der Waals surface area (Å²) in [5.74, 6) is 1.27. The van der Waals surface area contributed by atoms with Gasteiger partial charge in [0, 0.05) is 24.0 Å². The van der Waals surface area contributed by atoms with Gasteiger partial charge in [-0.3, -0.25) is 0 Å². The maximum atomic E-state index is 6.27. The van der Waals surface area contributed by atoms with Gasteiger partial charge in [0.05, 0.1) is 0 Å². The highest BCUT2D eigenvalue weighted by molar-refractivity contribution is 6.31. The lowest BCUT2D eigenvalue weighted by atomic mass is 9.97. The number of para-hydroxylation sites is 2. The van der Waals surface area contributed by atoms with E-state index in [1.54, 1.807) is 0 Å². The molecule has 0 bridgehead atoms. The predicted molar refractivity (Wildman–Crippen MR) is 97.6 cm³/mol. The Morgan fingerprint density at radius 2 is 1.96 bits per heavy atom. The van der Waals surface area contributed by atoms with Crippen molar-refractivity contribution in [3.8, 4) is 0 Å². The molecular weight excluding hydrogens is 320 g/mol. The molecule has 0 spiro atoms. The molecule has 0 N–H and O–H groups in total. The van der Waals surface area contributed by atoms with E-state index >= 15 is 0 Å². The fourth-order valence-electron chi connectivity index (χ4n) is 3.50. The minimum absolute atomic E-state index is 0.386. The summed E-state index contributed by atoms with van der Waals surface area (Å²) in [5, 5.41) is 0.866. The highest BCUT2D eigenvalue weighted by atomic mass is 35.5. The van der Waals surface area contributed by atoms with E-state index in [2.05, 4.69) is 22.0 Å². The number of hydrogen-bond donors (Lipinski definition) is 0. The molecule has 2 aromatic carbocycles. The van der Waals surface area contributed by atoms with Crippen LogP contribution in [-0.4, -0.2) is 29.5 Å². The molecule has 1 atom stereocenters. The summed E-state index contributed by atoms with van der Waals surface area (Å²) in [6.07, 6.45) is 3.32. The van der Waals surface area contributed by atoms with Crippen LogP contribution in [0.5, 0.6) is 0 Å². The molecule has 1 saturated heterocycles. The molecule has 0 radical (unpaired) electrons. The van der Waals surface area contributed by atoms with Gasteiger partial charge in [0.15, 0.2) is 11.5 Å². The van der Waals surface area contributed by atoms with Gasteiger partial charge in [0.2, 0.25) is 0 Å². The predicted octanol–water partition coefficient (Wildman–Crippen LogP) is 4.90. The molecule has 0 saturated carbocycles. The molecule has 0 amide bonds.